The minimum Gasteiger partial charge on any atom is -0.465 e. The van der Waals surface area contributed by atoms with Crippen LogP contribution in [0.1, 0.15) is 38.7 Å². The van der Waals surface area contributed by atoms with Gasteiger partial charge in [-0.05, 0) is 45.7 Å². The summed E-state index contributed by atoms with van der Waals surface area (Å²) in [4.78, 5) is 27.7. The lowest BCUT2D eigenvalue weighted by Crippen LogP contribution is -2.42. The van der Waals surface area contributed by atoms with Gasteiger partial charge in [0.05, 0.1) is 19.5 Å². The summed E-state index contributed by atoms with van der Waals surface area (Å²) in [6.07, 6.45) is 4.14. The second-order valence-corrected chi connectivity index (χ2v) is 12.1. The Morgan fingerprint density at radius 3 is 2.74 bits per heavy atom. The molecule has 3 heterocycles. The van der Waals surface area contributed by atoms with E-state index in [2.05, 4.69) is 20.0 Å². The monoisotopic (exact) mass is 616 g/mol. The van der Waals surface area contributed by atoms with Crippen molar-refractivity contribution in [3.63, 3.8) is 0 Å². The topological polar surface area (TPSA) is 150 Å². The third kappa shape index (κ3) is 6.23. The van der Waals surface area contributed by atoms with Crippen LogP contribution in [0.25, 0.3) is 11.2 Å². The second kappa shape index (κ2) is 12.2. The first-order valence-corrected chi connectivity index (χ1v) is 15.4. The number of carbonyl (C=O) groups excluding carboxylic acids is 1. The molecule has 6 atom stereocenters. The van der Waals surface area contributed by atoms with E-state index in [4.69, 9.17) is 24.9 Å². The largest absolute Gasteiger partial charge is 0.465 e. The third-order valence-electron chi connectivity index (χ3n) is 7.23. The molecule has 0 unspecified atom stereocenters. The third-order valence-corrected chi connectivity index (χ3v) is 8.88. The molecule has 15 heteroatoms. The Bertz CT molecular complexity index is 1560. The van der Waals surface area contributed by atoms with E-state index in [0.29, 0.717) is 23.2 Å². The van der Waals surface area contributed by atoms with E-state index in [9.17, 15) is 14.5 Å². The molecule has 230 valence electrons. The summed E-state index contributed by atoms with van der Waals surface area (Å²) in [5.41, 5.74) is -2.04. The lowest BCUT2D eigenvalue weighted by molar-refractivity contribution is -0.144. The first-order chi connectivity index (χ1) is 20.5. The molecule has 2 aliphatic rings. The molecule has 0 spiro atoms. The molecule has 13 nitrogen and oxygen atoms in total. The van der Waals surface area contributed by atoms with E-state index in [1.807, 2.05) is 17.9 Å². The van der Waals surface area contributed by atoms with Crippen molar-refractivity contribution >= 4 is 30.7 Å². The molecule has 2 fully saturated rings. The number of alkyl halides is 1. The smallest absolute Gasteiger partial charge is 0.459 e. The number of esters is 1. The number of para-hydroxylation sites is 1. The van der Waals surface area contributed by atoms with Crippen LogP contribution in [0, 0.1) is 19.3 Å². The number of hydrogen-bond donors (Lipinski definition) is 2. The molecular weight excluding hydrogens is 582 g/mol. The van der Waals surface area contributed by atoms with Crippen molar-refractivity contribution in [3.05, 3.63) is 42.5 Å². The minimum absolute atomic E-state index is 0.107. The number of aliphatic hydroxyl groups is 1. The quantitative estimate of drug-likeness (QED) is 0.175. The van der Waals surface area contributed by atoms with Crippen molar-refractivity contribution in [1.29, 1.82) is 0 Å². The summed E-state index contributed by atoms with van der Waals surface area (Å²) >= 11 is 0. The first-order valence-electron chi connectivity index (χ1n) is 13.9. The standard InChI is InChI=1S/C28H34FN6O7P/c1-6-28(29)23(36)21(15-40-43(38,33-17(3)26(37)39-7-2)42-20-11-9-8-10-12-20)41-27(28)35-16-30-22-24(34(5)19-13-14-19)31-18(4)32-25(22)35/h1,8-12,16-17,19,21,23,27,36H,7,13-15H2,2-5H3,(H,33,38)/t17-,21+,23+,27+,28+,43-/m0/s1. The van der Waals surface area contributed by atoms with E-state index >= 15 is 4.39 Å². The summed E-state index contributed by atoms with van der Waals surface area (Å²) in [6, 6.07) is 7.36. The number of aliphatic hydroxyl groups excluding tert-OH is 1. The molecule has 1 aliphatic carbocycles. The average Bonchev–Trinajstić information content (AvgIpc) is 3.71. The first kappa shape index (κ1) is 30.8. The number of halogens is 1. The summed E-state index contributed by atoms with van der Waals surface area (Å²) in [6.45, 7) is 4.26. The number of terminal acetylenes is 1. The Morgan fingerprint density at radius 1 is 1.37 bits per heavy atom. The molecular formula is C28H34FN6O7P. The maximum absolute atomic E-state index is 16.4. The van der Waals surface area contributed by atoms with Gasteiger partial charge in [0.15, 0.2) is 23.2 Å². The molecule has 43 heavy (non-hydrogen) atoms. The van der Waals surface area contributed by atoms with Gasteiger partial charge in [0.1, 0.15) is 29.8 Å². The predicted molar refractivity (Wildman–Crippen MR) is 154 cm³/mol. The number of ether oxygens (including phenoxy) is 2. The zero-order valence-corrected chi connectivity index (χ0v) is 25.1. The summed E-state index contributed by atoms with van der Waals surface area (Å²) in [5.74, 6) is 2.54. The highest BCUT2D eigenvalue weighted by Gasteiger charge is 2.58. The average molecular weight is 617 g/mol. The van der Waals surface area contributed by atoms with Gasteiger partial charge in [0.2, 0.25) is 5.67 Å². The molecule has 3 aromatic rings. The number of carbonyl (C=O) groups is 1. The van der Waals surface area contributed by atoms with Gasteiger partial charge in [-0.25, -0.2) is 23.9 Å². The van der Waals surface area contributed by atoms with Crippen molar-refractivity contribution in [1.82, 2.24) is 24.6 Å². The van der Waals surface area contributed by atoms with Crippen LogP contribution in [-0.2, 0) is 23.4 Å². The van der Waals surface area contributed by atoms with Gasteiger partial charge in [-0.2, -0.15) is 5.09 Å². The zero-order chi connectivity index (χ0) is 30.9. The Balaban J connectivity index is 1.41. The van der Waals surface area contributed by atoms with E-state index in [1.165, 1.54) is 30.0 Å². The Kier molecular flexibility index (Phi) is 8.74. The van der Waals surface area contributed by atoms with Gasteiger partial charge in [-0.15, -0.1) is 6.42 Å². The molecule has 0 amide bonds. The van der Waals surface area contributed by atoms with Gasteiger partial charge in [0.25, 0.3) is 0 Å². The van der Waals surface area contributed by atoms with Crippen LogP contribution in [0.4, 0.5) is 10.2 Å². The maximum atomic E-state index is 16.4. The SMILES string of the molecule is C#C[C@@]1(F)[C@H](O)[C@@H](CO[P@@](=O)(N[C@@H](C)C(=O)OCC)Oc2ccccc2)O[C@H]1n1cnc2c(N(C)C3CC3)nc(C)nc21. The van der Waals surface area contributed by atoms with Crippen LogP contribution in [0.5, 0.6) is 5.75 Å². The highest BCUT2D eigenvalue weighted by molar-refractivity contribution is 7.52. The summed E-state index contributed by atoms with van der Waals surface area (Å²) in [5, 5.41) is 13.6. The number of benzene rings is 1. The van der Waals surface area contributed by atoms with Crippen LogP contribution in [0.2, 0.25) is 0 Å². The van der Waals surface area contributed by atoms with Crippen molar-refractivity contribution in [2.24, 2.45) is 0 Å². The molecule has 0 radical (unpaired) electrons. The molecule has 5 rings (SSSR count). The van der Waals surface area contributed by atoms with E-state index in [0.717, 1.165) is 12.8 Å². The van der Waals surface area contributed by atoms with Gasteiger partial charge >= 0.3 is 13.7 Å². The molecule has 0 bridgehead atoms. The van der Waals surface area contributed by atoms with E-state index in [-0.39, 0.29) is 18.0 Å². The number of hydrogen-bond acceptors (Lipinski definition) is 11. The van der Waals surface area contributed by atoms with Crippen LogP contribution in [0.15, 0.2) is 36.7 Å². The van der Waals surface area contributed by atoms with Gasteiger partial charge in [0, 0.05) is 13.1 Å². The molecule has 1 saturated carbocycles. The van der Waals surface area contributed by atoms with Gasteiger partial charge < -0.3 is 24.0 Å². The summed E-state index contributed by atoms with van der Waals surface area (Å²) < 4.78 is 53.6. The zero-order valence-electron chi connectivity index (χ0n) is 24.2. The van der Waals surface area contributed by atoms with Gasteiger partial charge in [-0.1, -0.05) is 24.1 Å². The van der Waals surface area contributed by atoms with Crippen molar-refractivity contribution in [2.75, 3.05) is 25.2 Å². The number of fused-ring (bicyclic) bond motifs is 1. The molecule has 2 N–H and O–H groups in total. The molecule has 1 aliphatic heterocycles. The Morgan fingerprint density at radius 2 is 2.09 bits per heavy atom. The van der Waals surface area contributed by atoms with Crippen LogP contribution in [-0.4, -0.2) is 80.8 Å². The number of rotatable bonds is 12. The number of aryl methyl sites for hydroxylation is 1. The van der Waals surface area contributed by atoms with Crippen molar-refractivity contribution in [2.45, 2.75) is 69.8 Å². The van der Waals surface area contributed by atoms with Crippen LogP contribution < -0.4 is 14.5 Å². The maximum Gasteiger partial charge on any atom is 0.459 e. The molecule has 1 saturated heterocycles. The highest BCUT2D eigenvalue weighted by Crippen LogP contribution is 2.48. The number of nitrogens with zero attached hydrogens (tertiary/aromatic N) is 5. The number of aromatic nitrogens is 4. The van der Waals surface area contributed by atoms with Crippen LogP contribution >= 0.6 is 7.75 Å². The Hall–Kier alpha value is -3.60. The van der Waals surface area contributed by atoms with E-state index < -0.39 is 50.5 Å². The normalized spacial score (nSPS) is 25.6. The minimum atomic E-state index is -4.31. The predicted octanol–water partition coefficient (Wildman–Crippen LogP) is 3.08. The van der Waals surface area contributed by atoms with Crippen molar-refractivity contribution in [3.8, 4) is 18.1 Å². The summed E-state index contributed by atoms with van der Waals surface area (Å²) in [7, 11) is -2.40. The number of nitrogens with one attached hydrogen (secondary N) is 1. The molecule has 2 aromatic heterocycles. The van der Waals surface area contributed by atoms with Crippen LogP contribution in [0.3, 0.4) is 0 Å². The van der Waals surface area contributed by atoms with Gasteiger partial charge in [-0.3, -0.25) is 13.9 Å². The fourth-order valence-corrected chi connectivity index (χ4v) is 6.31. The lowest BCUT2D eigenvalue weighted by Gasteiger charge is -2.25. The Labute approximate surface area is 248 Å². The number of anilines is 1. The van der Waals surface area contributed by atoms with Crippen molar-refractivity contribution < 1.29 is 37.4 Å². The van der Waals surface area contributed by atoms with E-state index in [1.54, 1.807) is 32.0 Å². The highest BCUT2D eigenvalue weighted by atomic mass is 31.2. The number of imidazole rings is 1. The second-order valence-electron chi connectivity index (χ2n) is 10.4. The fourth-order valence-electron chi connectivity index (χ4n) is 4.81. The molecule has 1 aromatic carbocycles. The fraction of sp³-hybridized carbons (Fsp3) is 0.500. The lowest BCUT2D eigenvalue weighted by atomic mass is 9.97.